The zero-order chi connectivity index (χ0) is 16.2. The first kappa shape index (κ1) is 16.4. The lowest BCUT2D eigenvalue weighted by Crippen LogP contribution is -2.35. The van der Waals surface area contributed by atoms with E-state index in [4.69, 9.17) is 11.6 Å². The Hall–Kier alpha value is -1.45. The van der Waals surface area contributed by atoms with Crippen molar-refractivity contribution in [3.05, 3.63) is 64.7 Å². The van der Waals surface area contributed by atoms with Crippen molar-refractivity contribution in [1.82, 2.24) is 5.32 Å². The smallest absolute Gasteiger partial charge is 0.233 e. The molecule has 0 fully saturated rings. The van der Waals surface area contributed by atoms with E-state index in [9.17, 15) is 4.79 Å². The van der Waals surface area contributed by atoms with Crippen LogP contribution in [0.3, 0.4) is 0 Å². The van der Waals surface area contributed by atoms with Crippen molar-refractivity contribution in [3.63, 3.8) is 0 Å². The van der Waals surface area contributed by atoms with Gasteiger partial charge in [0.25, 0.3) is 0 Å². The lowest BCUT2D eigenvalue weighted by molar-refractivity contribution is -0.121. The zero-order valence-corrected chi connectivity index (χ0v) is 14.7. The molecule has 120 valence electrons. The van der Waals surface area contributed by atoms with Crippen LogP contribution >= 0.6 is 23.4 Å². The Bertz CT molecular complexity index is 686. The molecule has 2 aromatic carbocycles. The molecule has 1 aliphatic rings. The van der Waals surface area contributed by atoms with E-state index >= 15 is 0 Å². The summed E-state index contributed by atoms with van der Waals surface area (Å²) in [5.41, 5.74) is 2.64. The van der Waals surface area contributed by atoms with E-state index in [1.54, 1.807) is 11.8 Å². The van der Waals surface area contributed by atoms with Gasteiger partial charge in [0.15, 0.2) is 0 Å². The van der Waals surface area contributed by atoms with E-state index in [2.05, 4.69) is 29.6 Å². The molecule has 23 heavy (non-hydrogen) atoms. The largest absolute Gasteiger partial charge is 0.348 e. The highest BCUT2D eigenvalue weighted by Gasteiger charge is 2.23. The van der Waals surface area contributed by atoms with Crippen LogP contribution in [0.5, 0.6) is 0 Å². The maximum absolute atomic E-state index is 12.5. The first-order chi connectivity index (χ1) is 11.1. The number of hydrogen-bond acceptors (Lipinski definition) is 2. The first-order valence-electron chi connectivity index (χ1n) is 7.94. The van der Waals surface area contributed by atoms with Crippen LogP contribution in [0.25, 0.3) is 0 Å². The van der Waals surface area contributed by atoms with Crippen LogP contribution in [-0.2, 0) is 11.2 Å². The van der Waals surface area contributed by atoms with Crippen molar-refractivity contribution >= 4 is 29.3 Å². The van der Waals surface area contributed by atoms with Gasteiger partial charge >= 0.3 is 0 Å². The molecule has 0 spiro atoms. The Labute approximate surface area is 146 Å². The molecule has 0 heterocycles. The molecule has 0 aromatic heterocycles. The maximum atomic E-state index is 12.5. The molecule has 0 aliphatic heterocycles. The number of nitrogens with one attached hydrogen (secondary N) is 1. The third kappa shape index (κ3) is 4.10. The second-order valence-corrected chi connectivity index (χ2v) is 7.72. The quantitative estimate of drug-likeness (QED) is 0.789. The van der Waals surface area contributed by atoms with Gasteiger partial charge in [0.05, 0.1) is 11.3 Å². The van der Waals surface area contributed by atoms with E-state index < -0.39 is 0 Å². The summed E-state index contributed by atoms with van der Waals surface area (Å²) in [6, 6.07) is 16.2. The normalized spacial score (nSPS) is 18.1. The molecule has 2 atom stereocenters. The Morgan fingerprint density at radius 2 is 1.96 bits per heavy atom. The Morgan fingerprint density at radius 3 is 2.74 bits per heavy atom. The highest BCUT2D eigenvalue weighted by atomic mass is 35.5. The van der Waals surface area contributed by atoms with Crippen molar-refractivity contribution in [3.8, 4) is 0 Å². The Morgan fingerprint density at radius 1 is 1.22 bits per heavy atom. The molecule has 2 nitrogen and oxygen atoms in total. The third-order valence-corrected chi connectivity index (χ3v) is 5.55. The fraction of sp³-hybridized carbons (Fsp3) is 0.316. The van der Waals surface area contributed by atoms with Gasteiger partial charge in [-0.15, -0.1) is 11.8 Å². The molecule has 2 aromatic rings. The number of thioether (sulfide) groups is 1. The number of carbonyl (C=O) groups excluding carboxylic acids is 1. The van der Waals surface area contributed by atoms with Crippen molar-refractivity contribution in [2.24, 2.45) is 0 Å². The van der Waals surface area contributed by atoms with Crippen LogP contribution in [0.1, 0.15) is 36.9 Å². The van der Waals surface area contributed by atoms with Crippen LogP contribution in [0.2, 0.25) is 5.02 Å². The lowest BCUT2D eigenvalue weighted by Gasteiger charge is -2.27. The summed E-state index contributed by atoms with van der Waals surface area (Å²) in [4.78, 5) is 13.6. The maximum Gasteiger partial charge on any atom is 0.233 e. The minimum absolute atomic E-state index is 0.0895. The predicted molar refractivity (Wildman–Crippen MR) is 97.0 cm³/mol. The summed E-state index contributed by atoms with van der Waals surface area (Å²) in [7, 11) is 0. The summed E-state index contributed by atoms with van der Waals surface area (Å²) >= 11 is 7.46. The summed E-state index contributed by atoms with van der Waals surface area (Å²) in [6.07, 6.45) is 3.25. The number of benzene rings is 2. The molecule has 0 radical (unpaired) electrons. The molecule has 1 amide bonds. The molecule has 1 aliphatic carbocycles. The lowest BCUT2D eigenvalue weighted by atomic mass is 9.88. The van der Waals surface area contributed by atoms with Crippen molar-refractivity contribution in [1.29, 1.82) is 0 Å². The van der Waals surface area contributed by atoms with Crippen molar-refractivity contribution in [2.75, 3.05) is 0 Å². The number of carbonyl (C=O) groups is 1. The molecule has 3 rings (SSSR count). The van der Waals surface area contributed by atoms with Crippen molar-refractivity contribution in [2.45, 2.75) is 42.4 Å². The third-order valence-electron chi connectivity index (χ3n) is 4.18. The van der Waals surface area contributed by atoms with Crippen LogP contribution in [0, 0.1) is 0 Å². The molecule has 0 unspecified atom stereocenters. The second-order valence-electron chi connectivity index (χ2n) is 5.87. The van der Waals surface area contributed by atoms with Gasteiger partial charge in [0, 0.05) is 9.92 Å². The van der Waals surface area contributed by atoms with Crippen molar-refractivity contribution < 1.29 is 4.79 Å². The SMILES string of the molecule is C[C@H](Sc1ccc(Cl)cc1)C(=O)N[C@@H]1CCCc2ccccc21. The van der Waals surface area contributed by atoms with Gasteiger partial charge in [-0.2, -0.15) is 0 Å². The first-order valence-corrected chi connectivity index (χ1v) is 9.19. The Kier molecular flexibility index (Phi) is 5.29. The molecular formula is C19H20ClNOS. The standard InChI is InChI=1S/C19H20ClNOS/c1-13(23-16-11-9-15(20)10-12-16)19(22)21-18-8-4-6-14-5-2-3-7-17(14)18/h2-3,5,7,9-13,18H,4,6,8H2,1H3,(H,21,22)/t13-,18+/m0/s1. The monoisotopic (exact) mass is 345 g/mol. The van der Waals surface area contributed by atoms with Crippen LogP contribution < -0.4 is 5.32 Å². The topological polar surface area (TPSA) is 29.1 Å². The minimum atomic E-state index is -0.134. The summed E-state index contributed by atoms with van der Waals surface area (Å²) < 4.78 is 0. The number of aryl methyl sites for hydroxylation is 1. The summed E-state index contributed by atoms with van der Waals surface area (Å²) in [5.74, 6) is 0.0895. The van der Waals surface area contributed by atoms with Crippen LogP contribution in [0.4, 0.5) is 0 Å². The predicted octanol–water partition coefficient (Wildman–Crippen LogP) is 5.01. The summed E-state index contributed by atoms with van der Waals surface area (Å²) in [5, 5.41) is 3.80. The van der Waals surface area contributed by atoms with Gasteiger partial charge in [-0.3, -0.25) is 4.79 Å². The van der Waals surface area contributed by atoms with E-state index in [1.165, 1.54) is 11.1 Å². The highest BCUT2D eigenvalue weighted by Crippen LogP contribution is 2.30. The van der Waals surface area contributed by atoms with Gasteiger partial charge < -0.3 is 5.32 Å². The average molecular weight is 346 g/mol. The van der Waals surface area contributed by atoms with Gasteiger partial charge in [-0.25, -0.2) is 0 Å². The minimum Gasteiger partial charge on any atom is -0.348 e. The molecular weight excluding hydrogens is 326 g/mol. The zero-order valence-electron chi connectivity index (χ0n) is 13.1. The Balaban J connectivity index is 1.64. The van der Waals surface area contributed by atoms with Crippen LogP contribution in [0.15, 0.2) is 53.4 Å². The fourth-order valence-corrected chi connectivity index (χ4v) is 3.97. The fourth-order valence-electron chi connectivity index (χ4n) is 2.96. The molecule has 1 N–H and O–H groups in total. The molecule has 0 saturated carbocycles. The number of rotatable bonds is 4. The molecule has 0 saturated heterocycles. The summed E-state index contributed by atoms with van der Waals surface area (Å²) in [6.45, 7) is 1.95. The van der Waals surface area contributed by atoms with E-state index in [1.807, 2.05) is 31.2 Å². The van der Waals surface area contributed by atoms with E-state index in [0.717, 1.165) is 24.2 Å². The van der Waals surface area contributed by atoms with Crippen LogP contribution in [-0.4, -0.2) is 11.2 Å². The average Bonchev–Trinajstić information content (AvgIpc) is 2.57. The van der Waals surface area contributed by atoms with E-state index in [-0.39, 0.29) is 17.2 Å². The van der Waals surface area contributed by atoms with E-state index in [0.29, 0.717) is 5.02 Å². The second kappa shape index (κ2) is 7.41. The van der Waals surface area contributed by atoms with Gasteiger partial charge in [-0.05, 0) is 61.6 Å². The van der Waals surface area contributed by atoms with Gasteiger partial charge in [0.1, 0.15) is 0 Å². The van der Waals surface area contributed by atoms with Gasteiger partial charge in [0.2, 0.25) is 5.91 Å². The molecule has 4 heteroatoms. The van der Waals surface area contributed by atoms with Gasteiger partial charge in [-0.1, -0.05) is 35.9 Å². The number of halogens is 1. The number of hydrogen-bond donors (Lipinski definition) is 1. The number of amides is 1. The highest BCUT2D eigenvalue weighted by molar-refractivity contribution is 8.00. The molecule has 0 bridgehead atoms. The number of fused-ring (bicyclic) bond motifs is 1.